The van der Waals surface area contributed by atoms with Crippen LogP contribution in [0.15, 0.2) is 74.6 Å². The van der Waals surface area contributed by atoms with E-state index in [0.717, 1.165) is 31.5 Å². The molecule has 3 rings (SSSR count). The molecule has 6 heteroatoms. The van der Waals surface area contributed by atoms with Gasteiger partial charge in [0.25, 0.3) is 0 Å². The van der Waals surface area contributed by atoms with Crippen LogP contribution in [-0.4, -0.2) is 12.8 Å². The molecule has 0 radical (unpaired) electrons. The van der Waals surface area contributed by atoms with Crippen molar-refractivity contribution in [3.8, 4) is 11.5 Å². The molecule has 0 bridgehead atoms. The van der Waals surface area contributed by atoms with Crippen molar-refractivity contribution in [3.63, 3.8) is 0 Å². The maximum atomic E-state index is 13.4. The summed E-state index contributed by atoms with van der Waals surface area (Å²) >= 11 is 7.02. The number of hydrogen-bond acceptors (Lipinski definition) is 3. The third-order valence-electron chi connectivity index (χ3n) is 3.81. The van der Waals surface area contributed by atoms with Gasteiger partial charge in [0.05, 0.1) is 16.8 Å². The predicted molar refractivity (Wildman–Crippen MR) is 117 cm³/mol. The lowest BCUT2D eigenvalue weighted by atomic mass is 10.2. The van der Waals surface area contributed by atoms with Gasteiger partial charge in [0.2, 0.25) is 0 Å². The fraction of sp³-hybridized carbons (Fsp3) is 0.136. The number of ether oxygens (including phenoxy) is 2. The van der Waals surface area contributed by atoms with Crippen LogP contribution in [0.25, 0.3) is 0 Å². The number of hydrogen-bond donors (Lipinski definition) is 0. The van der Waals surface area contributed by atoms with Crippen LogP contribution in [0.2, 0.25) is 0 Å². The average molecular weight is 507 g/mol. The summed E-state index contributed by atoms with van der Waals surface area (Å²) in [5.74, 6) is 1.17. The van der Waals surface area contributed by atoms with Crippen molar-refractivity contribution < 1.29 is 13.9 Å². The molecule has 0 saturated heterocycles. The van der Waals surface area contributed by atoms with E-state index < -0.39 is 0 Å². The standard InChI is InChI=1S/C22H18Br2FNO2/c1-2-27-20-8-6-19(7-9-20)26-13-16-11-17(23)12-21(24)22(16)28-14-15-4-3-5-18(25)10-15/h3-13H,2,14H2,1H3. The van der Waals surface area contributed by atoms with Crippen molar-refractivity contribution in [3.05, 3.63) is 86.6 Å². The molecule has 0 spiro atoms. The Kier molecular flexibility index (Phi) is 7.23. The van der Waals surface area contributed by atoms with E-state index in [1.165, 1.54) is 12.1 Å². The average Bonchev–Trinajstić information content (AvgIpc) is 2.67. The van der Waals surface area contributed by atoms with Gasteiger partial charge in [0.1, 0.15) is 23.9 Å². The monoisotopic (exact) mass is 505 g/mol. The Hall–Kier alpha value is -2.18. The predicted octanol–water partition coefficient (Wildman–Crippen LogP) is 7.08. The smallest absolute Gasteiger partial charge is 0.142 e. The highest BCUT2D eigenvalue weighted by Crippen LogP contribution is 2.33. The molecule has 0 aliphatic rings. The van der Waals surface area contributed by atoms with Crippen molar-refractivity contribution in [2.45, 2.75) is 13.5 Å². The highest BCUT2D eigenvalue weighted by atomic mass is 79.9. The first kappa shape index (κ1) is 20.6. The van der Waals surface area contributed by atoms with Crippen molar-refractivity contribution in [1.82, 2.24) is 0 Å². The lowest BCUT2D eigenvalue weighted by molar-refractivity contribution is 0.303. The molecule has 0 amide bonds. The number of nitrogens with zero attached hydrogens (tertiary/aromatic N) is 1. The zero-order chi connectivity index (χ0) is 19.9. The van der Waals surface area contributed by atoms with E-state index in [4.69, 9.17) is 9.47 Å². The quantitative estimate of drug-likeness (QED) is 0.320. The molecule has 0 saturated carbocycles. The van der Waals surface area contributed by atoms with Crippen LogP contribution in [-0.2, 0) is 6.61 Å². The molecular formula is C22H18Br2FNO2. The van der Waals surface area contributed by atoms with Gasteiger partial charge in [-0.25, -0.2) is 4.39 Å². The molecule has 3 nitrogen and oxygen atoms in total. The maximum Gasteiger partial charge on any atom is 0.142 e. The SMILES string of the molecule is CCOc1ccc(N=Cc2cc(Br)cc(Br)c2OCc2cccc(F)c2)cc1. The fourth-order valence-corrected chi connectivity index (χ4v) is 3.92. The molecule has 0 atom stereocenters. The molecule has 0 fully saturated rings. The molecule has 0 heterocycles. The van der Waals surface area contributed by atoms with E-state index in [0.29, 0.717) is 12.4 Å². The van der Waals surface area contributed by atoms with Gasteiger partial charge in [0.15, 0.2) is 0 Å². The van der Waals surface area contributed by atoms with E-state index in [1.807, 2.05) is 49.4 Å². The summed E-state index contributed by atoms with van der Waals surface area (Å²) in [4.78, 5) is 4.53. The second-order valence-electron chi connectivity index (χ2n) is 5.91. The molecule has 0 aromatic heterocycles. The van der Waals surface area contributed by atoms with Crippen molar-refractivity contribution >= 4 is 43.8 Å². The zero-order valence-corrected chi connectivity index (χ0v) is 18.3. The molecule has 0 unspecified atom stereocenters. The normalized spacial score (nSPS) is 11.0. The first-order valence-electron chi connectivity index (χ1n) is 8.68. The van der Waals surface area contributed by atoms with Gasteiger partial charge in [-0.3, -0.25) is 4.99 Å². The minimum absolute atomic E-state index is 0.252. The van der Waals surface area contributed by atoms with Crippen molar-refractivity contribution in [2.75, 3.05) is 6.61 Å². The van der Waals surface area contributed by atoms with Crippen LogP contribution in [0.5, 0.6) is 11.5 Å². The number of aliphatic imine (C=N–C) groups is 1. The largest absolute Gasteiger partial charge is 0.494 e. The summed E-state index contributed by atoms with van der Waals surface area (Å²) in [6, 6.07) is 17.7. The van der Waals surface area contributed by atoms with Gasteiger partial charge >= 0.3 is 0 Å². The van der Waals surface area contributed by atoms with Crippen LogP contribution < -0.4 is 9.47 Å². The lowest BCUT2D eigenvalue weighted by Gasteiger charge is -2.12. The van der Waals surface area contributed by atoms with Gasteiger partial charge in [-0.1, -0.05) is 28.1 Å². The number of halogens is 3. The van der Waals surface area contributed by atoms with Crippen LogP contribution in [0.4, 0.5) is 10.1 Å². The van der Waals surface area contributed by atoms with Gasteiger partial charge in [0, 0.05) is 16.3 Å². The fourth-order valence-electron chi connectivity index (χ4n) is 2.55. The van der Waals surface area contributed by atoms with E-state index >= 15 is 0 Å². The topological polar surface area (TPSA) is 30.8 Å². The maximum absolute atomic E-state index is 13.4. The molecule has 0 aliphatic carbocycles. The van der Waals surface area contributed by atoms with Gasteiger partial charge in [-0.15, -0.1) is 0 Å². The highest BCUT2D eigenvalue weighted by Gasteiger charge is 2.10. The lowest BCUT2D eigenvalue weighted by Crippen LogP contribution is -2.00. The summed E-state index contributed by atoms with van der Waals surface area (Å²) < 4.78 is 26.5. The highest BCUT2D eigenvalue weighted by molar-refractivity contribution is 9.11. The van der Waals surface area contributed by atoms with Crippen LogP contribution >= 0.6 is 31.9 Å². The Bertz CT molecular complexity index is 975. The molecule has 0 N–H and O–H groups in total. The van der Waals surface area contributed by atoms with Crippen molar-refractivity contribution in [2.24, 2.45) is 4.99 Å². The third kappa shape index (κ3) is 5.66. The molecule has 3 aromatic carbocycles. The minimum Gasteiger partial charge on any atom is -0.494 e. The van der Waals surface area contributed by atoms with E-state index in [9.17, 15) is 4.39 Å². The summed E-state index contributed by atoms with van der Waals surface area (Å²) in [5, 5.41) is 0. The van der Waals surface area contributed by atoms with E-state index in [2.05, 4.69) is 36.9 Å². The summed E-state index contributed by atoms with van der Waals surface area (Å²) in [6.07, 6.45) is 1.74. The number of rotatable bonds is 7. The Labute approximate surface area is 180 Å². The van der Waals surface area contributed by atoms with Crippen LogP contribution in [0.1, 0.15) is 18.1 Å². The molecule has 144 valence electrons. The Morgan fingerprint density at radius 1 is 1.00 bits per heavy atom. The zero-order valence-electron chi connectivity index (χ0n) is 15.2. The second-order valence-corrected chi connectivity index (χ2v) is 7.68. The summed E-state index contributed by atoms with van der Waals surface area (Å²) in [5.41, 5.74) is 2.35. The summed E-state index contributed by atoms with van der Waals surface area (Å²) in [6.45, 7) is 2.82. The van der Waals surface area contributed by atoms with Gasteiger partial charge in [-0.05, 0) is 76.9 Å². The van der Waals surface area contributed by atoms with Crippen LogP contribution in [0.3, 0.4) is 0 Å². The minimum atomic E-state index is -0.284. The van der Waals surface area contributed by atoms with Crippen LogP contribution in [0, 0.1) is 5.82 Å². The Morgan fingerprint density at radius 3 is 2.50 bits per heavy atom. The van der Waals surface area contributed by atoms with E-state index in [1.54, 1.807) is 12.3 Å². The third-order valence-corrected chi connectivity index (χ3v) is 4.86. The molecular weight excluding hydrogens is 489 g/mol. The number of benzene rings is 3. The van der Waals surface area contributed by atoms with E-state index in [-0.39, 0.29) is 12.4 Å². The molecule has 3 aromatic rings. The summed E-state index contributed by atoms with van der Waals surface area (Å²) in [7, 11) is 0. The van der Waals surface area contributed by atoms with Gasteiger partial charge in [-0.2, -0.15) is 0 Å². The van der Waals surface area contributed by atoms with Gasteiger partial charge < -0.3 is 9.47 Å². The first-order chi connectivity index (χ1) is 13.5. The Morgan fingerprint density at radius 2 is 1.79 bits per heavy atom. The molecule has 28 heavy (non-hydrogen) atoms. The molecule has 0 aliphatic heterocycles. The second kappa shape index (κ2) is 9.85. The van der Waals surface area contributed by atoms with Crippen molar-refractivity contribution in [1.29, 1.82) is 0 Å². The Balaban J connectivity index is 1.81. The first-order valence-corrected chi connectivity index (χ1v) is 10.3.